The van der Waals surface area contributed by atoms with E-state index in [-0.39, 0.29) is 12.2 Å². The first kappa shape index (κ1) is 21.0. The predicted octanol–water partition coefficient (Wildman–Crippen LogP) is 4.23. The van der Waals surface area contributed by atoms with Gasteiger partial charge in [-0.2, -0.15) is 0 Å². The lowest BCUT2D eigenvalue weighted by molar-refractivity contribution is -0.135. The van der Waals surface area contributed by atoms with Crippen LogP contribution in [-0.4, -0.2) is 35.4 Å². The number of hydrogen-bond donors (Lipinski definition) is 2. The molecule has 166 valence electrons. The number of ether oxygens (including phenoxy) is 1. The molecule has 4 aromatic rings. The first-order chi connectivity index (χ1) is 16.0. The number of rotatable bonds is 7. The predicted molar refractivity (Wildman–Crippen MR) is 127 cm³/mol. The maximum absolute atomic E-state index is 13.5. The van der Waals surface area contributed by atoms with Crippen LogP contribution in [0.2, 0.25) is 0 Å². The number of aromatic nitrogens is 1. The average molecular weight is 440 g/mol. The zero-order chi connectivity index (χ0) is 23.0. The smallest absolute Gasteiger partial charge is 0.264 e. The first-order valence-electron chi connectivity index (χ1n) is 10.9. The Bertz CT molecular complexity index is 1340. The summed E-state index contributed by atoms with van der Waals surface area (Å²) in [6.45, 7) is 0.400. The van der Waals surface area contributed by atoms with Gasteiger partial charge in [-0.25, -0.2) is 0 Å². The molecule has 1 aliphatic rings. The minimum Gasteiger partial charge on any atom is -0.497 e. The van der Waals surface area contributed by atoms with Gasteiger partial charge < -0.3 is 19.7 Å². The molecule has 0 saturated carbocycles. The van der Waals surface area contributed by atoms with Crippen molar-refractivity contribution in [3.8, 4) is 5.75 Å². The monoisotopic (exact) mass is 440 g/mol. The number of hydrogen-bond acceptors (Lipinski definition) is 4. The number of nitrogens with one attached hydrogen (secondary N) is 1. The Labute approximate surface area is 191 Å². The van der Waals surface area contributed by atoms with Gasteiger partial charge in [0.2, 0.25) is 0 Å². The van der Waals surface area contributed by atoms with Crippen LogP contribution in [0.3, 0.4) is 0 Å². The number of amides is 1. The summed E-state index contributed by atoms with van der Waals surface area (Å²) < 4.78 is 5.14. The fourth-order valence-electron chi connectivity index (χ4n) is 4.58. The van der Waals surface area contributed by atoms with Crippen molar-refractivity contribution in [1.29, 1.82) is 0 Å². The zero-order valence-corrected chi connectivity index (χ0v) is 18.2. The van der Waals surface area contributed by atoms with Crippen molar-refractivity contribution in [3.63, 3.8) is 0 Å². The number of para-hydroxylation sites is 2. The molecule has 5 rings (SSSR count). The van der Waals surface area contributed by atoms with Crippen LogP contribution in [-0.2, 0) is 16.8 Å². The van der Waals surface area contributed by atoms with Gasteiger partial charge in [0.05, 0.1) is 19.2 Å². The fraction of sp³-hybridized carbons (Fsp3) is 0.185. The molecule has 0 unspecified atom stereocenters. The highest BCUT2D eigenvalue weighted by Gasteiger charge is 2.50. The molecule has 0 spiro atoms. The number of benzene rings is 3. The number of Topliss-reactive ketones (excluding diaryl/α,β-unsaturated/α-hetero) is 1. The van der Waals surface area contributed by atoms with Crippen LogP contribution >= 0.6 is 0 Å². The second-order valence-corrected chi connectivity index (χ2v) is 8.27. The van der Waals surface area contributed by atoms with E-state index in [1.54, 1.807) is 48.4 Å². The van der Waals surface area contributed by atoms with Crippen molar-refractivity contribution in [2.75, 3.05) is 18.6 Å². The molecule has 3 aromatic carbocycles. The lowest BCUT2D eigenvalue weighted by atomic mass is 9.88. The molecular weight excluding hydrogens is 416 g/mol. The molecule has 33 heavy (non-hydrogen) atoms. The highest BCUT2D eigenvalue weighted by molar-refractivity contribution is 6.10. The van der Waals surface area contributed by atoms with Crippen LogP contribution in [0.4, 0.5) is 5.69 Å². The van der Waals surface area contributed by atoms with Crippen LogP contribution < -0.4 is 9.64 Å². The van der Waals surface area contributed by atoms with Gasteiger partial charge in [0, 0.05) is 34.8 Å². The van der Waals surface area contributed by atoms with Crippen molar-refractivity contribution in [1.82, 2.24) is 4.98 Å². The van der Waals surface area contributed by atoms with Crippen molar-refractivity contribution in [2.45, 2.75) is 18.4 Å². The molecular formula is C27H24N2O4. The molecule has 0 fully saturated rings. The highest BCUT2D eigenvalue weighted by Crippen LogP contribution is 2.43. The van der Waals surface area contributed by atoms with Gasteiger partial charge in [0.25, 0.3) is 5.91 Å². The third-order valence-corrected chi connectivity index (χ3v) is 6.35. The Hall–Kier alpha value is -3.90. The molecule has 2 heterocycles. The molecule has 0 bridgehead atoms. The van der Waals surface area contributed by atoms with Gasteiger partial charge in [-0.3, -0.25) is 9.59 Å². The number of methoxy groups -OCH3 is 1. The van der Waals surface area contributed by atoms with E-state index < -0.39 is 11.5 Å². The molecule has 1 aromatic heterocycles. The van der Waals surface area contributed by atoms with Crippen LogP contribution in [0.25, 0.3) is 10.9 Å². The van der Waals surface area contributed by atoms with Crippen molar-refractivity contribution < 1.29 is 19.4 Å². The Kier molecular flexibility index (Phi) is 5.23. The number of carbonyl (C=O) groups is 2. The lowest BCUT2D eigenvalue weighted by Crippen LogP contribution is -2.42. The second kappa shape index (κ2) is 8.22. The molecule has 1 amide bonds. The number of nitrogens with zero attached hydrogens (tertiary/aromatic N) is 1. The third kappa shape index (κ3) is 3.58. The summed E-state index contributed by atoms with van der Waals surface area (Å²) in [5, 5.41) is 12.6. The highest BCUT2D eigenvalue weighted by atomic mass is 16.5. The maximum Gasteiger partial charge on any atom is 0.264 e. The van der Waals surface area contributed by atoms with E-state index in [2.05, 4.69) is 4.98 Å². The Morgan fingerprint density at radius 2 is 1.76 bits per heavy atom. The van der Waals surface area contributed by atoms with Crippen molar-refractivity contribution in [3.05, 3.63) is 95.7 Å². The number of fused-ring (bicyclic) bond motifs is 2. The quantitative estimate of drug-likeness (QED) is 0.422. The maximum atomic E-state index is 13.5. The molecule has 6 nitrogen and oxygen atoms in total. The standard InChI is InChI=1S/C27H24N2O4/c1-33-20-12-10-18(11-13-20)25(30)16-27(32)22-7-3-5-9-24(22)29(26(27)31)15-14-19-17-28-23-8-4-2-6-21(19)23/h2-13,17,28,32H,14-16H2,1H3/t27-/m1/s1. The summed E-state index contributed by atoms with van der Waals surface area (Å²) in [6, 6.07) is 21.8. The van der Waals surface area contributed by atoms with Gasteiger partial charge in [-0.05, 0) is 48.4 Å². The summed E-state index contributed by atoms with van der Waals surface area (Å²) in [4.78, 5) is 31.3. The number of H-pyrrole nitrogens is 1. The van der Waals surface area contributed by atoms with Gasteiger partial charge in [0.1, 0.15) is 5.75 Å². The summed E-state index contributed by atoms with van der Waals surface area (Å²) >= 11 is 0. The molecule has 6 heteroatoms. The van der Waals surface area contributed by atoms with E-state index in [4.69, 9.17) is 4.74 Å². The molecule has 0 aliphatic carbocycles. The topological polar surface area (TPSA) is 82.6 Å². The molecule has 2 N–H and O–H groups in total. The van der Waals surface area contributed by atoms with Crippen LogP contribution in [0.15, 0.2) is 79.0 Å². The minimum absolute atomic E-state index is 0.304. The van der Waals surface area contributed by atoms with E-state index in [0.717, 1.165) is 16.5 Å². The number of aromatic amines is 1. The van der Waals surface area contributed by atoms with Crippen LogP contribution in [0, 0.1) is 0 Å². The van der Waals surface area contributed by atoms with Crippen LogP contribution in [0.1, 0.15) is 27.9 Å². The van der Waals surface area contributed by atoms with Gasteiger partial charge in [-0.15, -0.1) is 0 Å². The van der Waals surface area contributed by atoms with Crippen LogP contribution in [0.5, 0.6) is 5.75 Å². The molecule has 0 saturated heterocycles. The lowest BCUT2D eigenvalue weighted by Gasteiger charge is -2.23. The fourth-order valence-corrected chi connectivity index (χ4v) is 4.58. The Morgan fingerprint density at radius 1 is 1.03 bits per heavy atom. The largest absolute Gasteiger partial charge is 0.497 e. The van der Waals surface area contributed by atoms with Crippen molar-refractivity contribution in [2.24, 2.45) is 0 Å². The number of aliphatic hydroxyl groups is 1. The number of anilines is 1. The summed E-state index contributed by atoms with van der Waals surface area (Å²) in [5.74, 6) is -0.136. The number of carbonyl (C=O) groups excluding carboxylic acids is 2. The van der Waals surface area contributed by atoms with E-state index in [0.29, 0.717) is 35.5 Å². The third-order valence-electron chi connectivity index (χ3n) is 6.35. The van der Waals surface area contributed by atoms with Gasteiger partial charge in [0.15, 0.2) is 11.4 Å². The zero-order valence-electron chi connectivity index (χ0n) is 18.2. The second-order valence-electron chi connectivity index (χ2n) is 8.27. The molecule has 0 radical (unpaired) electrons. The van der Waals surface area contributed by atoms with E-state index in [1.165, 1.54) is 0 Å². The average Bonchev–Trinajstić information content (AvgIpc) is 3.35. The summed E-state index contributed by atoms with van der Waals surface area (Å²) in [7, 11) is 1.55. The molecule has 1 atom stereocenters. The van der Waals surface area contributed by atoms with Gasteiger partial charge in [-0.1, -0.05) is 36.4 Å². The first-order valence-corrected chi connectivity index (χ1v) is 10.9. The Morgan fingerprint density at radius 3 is 2.55 bits per heavy atom. The van der Waals surface area contributed by atoms with E-state index in [9.17, 15) is 14.7 Å². The van der Waals surface area contributed by atoms with Gasteiger partial charge >= 0.3 is 0 Å². The Balaban J connectivity index is 1.41. The minimum atomic E-state index is -1.90. The number of ketones is 1. The summed E-state index contributed by atoms with van der Waals surface area (Å²) in [5.41, 5.74) is 1.78. The van der Waals surface area contributed by atoms with E-state index >= 15 is 0 Å². The molecule has 1 aliphatic heterocycles. The van der Waals surface area contributed by atoms with E-state index in [1.807, 2.05) is 42.6 Å². The normalized spacial score (nSPS) is 17.4. The van der Waals surface area contributed by atoms with Crippen molar-refractivity contribution >= 4 is 28.3 Å². The summed E-state index contributed by atoms with van der Waals surface area (Å²) in [6.07, 6.45) is 2.25. The SMILES string of the molecule is COc1ccc(C(=O)C[C@]2(O)C(=O)N(CCc3c[nH]c4ccccc34)c3ccccc32)cc1.